The van der Waals surface area contributed by atoms with E-state index >= 15 is 0 Å². The lowest BCUT2D eigenvalue weighted by Crippen LogP contribution is -2.36. The van der Waals surface area contributed by atoms with Crippen LogP contribution in [-0.4, -0.2) is 32.8 Å². The van der Waals surface area contributed by atoms with Gasteiger partial charge in [0, 0.05) is 11.7 Å². The van der Waals surface area contributed by atoms with Crippen molar-refractivity contribution in [2.75, 3.05) is 5.32 Å². The molecule has 0 saturated heterocycles. The second-order valence-electron chi connectivity index (χ2n) is 8.05. The van der Waals surface area contributed by atoms with E-state index < -0.39 is 17.7 Å². The van der Waals surface area contributed by atoms with Crippen molar-refractivity contribution in [1.29, 1.82) is 0 Å². The number of anilines is 1. The first-order valence-electron chi connectivity index (χ1n) is 10.7. The van der Waals surface area contributed by atoms with E-state index in [-0.39, 0.29) is 28.3 Å². The number of fused-ring (bicyclic) bond motifs is 1. The zero-order valence-electron chi connectivity index (χ0n) is 18.0. The smallest absolute Gasteiger partial charge is 0.405 e. The Balaban J connectivity index is 1.76. The summed E-state index contributed by atoms with van der Waals surface area (Å²) in [6.45, 7) is 1.60. The van der Waals surface area contributed by atoms with Crippen molar-refractivity contribution in [3.63, 3.8) is 0 Å². The van der Waals surface area contributed by atoms with Gasteiger partial charge in [0.15, 0.2) is 0 Å². The minimum absolute atomic E-state index is 0.164. The number of carbonyl (C=O) groups is 2. The van der Waals surface area contributed by atoms with Crippen LogP contribution in [0.4, 0.5) is 15.3 Å². The molecule has 0 radical (unpaired) electrons. The van der Waals surface area contributed by atoms with E-state index in [0.29, 0.717) is 16.9 Å². The Labute approximate surface area is 194 Å². The molecule has 1 saturated carbocycles. The monoisotopic (exact) mass is 469 g/mol. The van der Waals surface area contributed by atoms with Crippen LogP contribution in [0.25, 0.3) is 16.6 Å². The summed E-state index contributed by atoms with van der Waals surface area (Å²) < 4.78 is 1.31. The van der Waals surface area contributed by atoms with Gasteiger partial charge in [0.25, 0.3) is 5.56 Å². The van der Waals surface area contributed by atoms with Crippen LogP contribution in [0.5, 0.6) is 0 Å². The lowest BCUT2D eigenvalue weighted by molar-refractivity contribution is 0.190. The maximum absolute atomic E-state index is 13.5. The van der Waals surface area contributed by atoms with Crippen molar-refractivity contribution in [3.05, 3.63) is 63.7 Å². The van der Waals surface area contributed by atoms with Gasteiger partial charge in [0.1, 0.15) is 5.82 Å². The molecule has 9 nitrogen and oxygen atoms in total. The molecule has 0 spiro atoms. The van der Waals surface area contributed by atoms with Crippen LogP contribution in [0.3, 0.4) is 0 Å². The van der Waals surface area contributed by atoms with Crippen LogP contribution < -0.4 is 21.5 Å². The van der Waals surface area contributed by atoms with Crippen LogP contribution in [0.2, 0.25) is 5.02 Å². The Morgan fingerprint density at radius 3 is 2.64 bits per heavy atom. The third-order valence-corrected chi connectivity index (χ3v) is 5.97. The molecule has 3 aromatic rings. The van der Waals surface area contributed by atoms with Crippen molar-refractivity contribution >= 4 is 40.3 Å². The highest BCUT2D eigenvalue weighted by Crippen LogP contribution is 2.24. The molecule has 1 unspecified atom stereocenters. The second kappa shape index (κ2) is 9.50. The fourth-order valence-electron chi connectivity index (χ4n) is 4.14. The van der Waals surface area contributed by atoms with Gasteiger partial charge in [-0.25, -0.2) is 14.6 Å². The fraction of sp³-hybridized carbons (Fsp3) is 0.304. The number of nitrogens with one attached hydrogen (secondary N) is 3. The third kappa shape index (κ3) is 4.93. The summed E-state index contributed by atoms with van der Waals surface area (Å²) in [5.74, 6) is 0.199. The second-order valence-corrected chi connectivity index (χ2v) is 8.45. The molecule has 4 rings (SSSR count). The van der Waals surface area contributed by atoms with Gasteiger partial charge >= 0.3 is 12.1 Å². The molecule has 33 heavy (non-hydrogen) atoms. The first-order chi connectivity index (χ1) is 15.8. The van der Waals surface area contributed by atoms with Crippen molar-refractivity contribution in [3.8, 4) is 5.69 Å². The number of hydrogen-bond donors (Lipinski definition) is 4. The quantitative estimate of drug-likeness (QED) is 0.439. The molecule has 172 valence electrons. The lowest BCUT2D eigenvalue weighted by Gasteiger charge is -2.19. The van der Waals surface area contributed by atoms with Gasteiger partial charge in [-0.1, -0.05) is 36.6 Å². The number of carboxylic acid groups (broad SMARTS) is 1. The van der Waals surface area contributed by atoms with E-state index in [4.69, 9.17) is 11.6 Å². The Bertz CT molecular complexity index is 1270. The highest BCUT2D eigenvalue weighted by atomic mass is 35.5. The van der Waals surface area contributed by atoms with Gasteiger partial charge in [-0.05, 0) is 50.1 Å². The van der Waals surface area contributed by atoms with Crippen molar-refractivity contribution in [1.82, 2.24) is 20.2 Å². The van der Waals surface area contributed by atoms with Crippen molar-refractivity contribution in [2.45, 2.75) is 44.7 Å². The van der Waals surface area contributed by atoms with E-state index in [1.54, 1.807) is 49.4 Å². The van der Waals surface area contributed by atoms with Crippen LogP contribution in [0.1, 0.15) is 44.5 Å². The SMILES string of the molecule is CC(NC(=O)O)c1nc2cccc(Cl)c2c(=O)n1-c1cccc(NC(=O)NC2CCCC2)c1. The number of carbonyl (C=O) groups excluding carboxylic acids is 1. The number of urea groups is 1. The maximum atomic E-state index is 13.5. The summed E-state index contributed by atoms with van der Waals surface area (Å²) in [5, 5.41) is 17.8. The minimum atomic E-state index is -1.24. The summed E-state index contributed by atoms with van der Waals surface area (Å²) in [5.41, 5.74) is 0.830. The Hall–Kier alpha value is -3.59. The molecule has 0 bridgehead atoms. The van der Waals surface area contributed by atoms with Crippen LogP contribution in [-0.2, 0) is 0 Å². The number of nitrogens with zero attached hydrogens (tertiary/aromatic N) is 2. The summed E-state index contributed by atoms with van der Waals surface area (Å²) in [7, 11) is 0. The number of rotatable bonds is 5. The summed E-state index contributed by atoms with van der Waals surface area (Å²) in [4.78, 5) is 41.7. The average Bonchev–Trinajstić information content (AvgIpc) is 3.26. The van der Waals surface area contributed by atoms with Gasteiger partial charge < -0.3 is 21.1 Å². The third-order valence-electron chi connectivity index (χ3n) is 5.65. The average molecular weight is 470 g/mol. The molecule has 2 aromatic carbocycles. The standard InChI is InChI=1S/C23H24ClN5O4/c1-13(25-23(32)33)20-28-18-11-5-10-17(24)19(18)21(30)29(20)16-9-4-8-15(12-16)27-22(31)26-14-6-2-3-7-14/h4-5,8-14,25H,2-3,6-7H2,1H3,(H,32,33)(H2,26,27,31). The molecule has 1 heterocycles. The molecule has 1 aromatic heterocycles. The Kier molecular flexibility index (Phi) is 6.50. The number of amides is 3. The fourth-order valence-corrected chi connectivity index (χ4v) is 4.39. The number of aromatic nitrogens is 2. The molecule has 1 aliphatic rings. The minimum Gasteiger partial charge on any atom is -0.465 e. The molecule has 0 aliphatic heterocycles. The number of benzene rings is 2. The summed E-state index contributed by atoms with van der Waals surface area (Å²) in [6.07, 6.45) is 2.89. The summed E-state index contributed by atoms with van der Waals surface area (Å²) in [6, 6.07) is 10.7. The molecule has 3 amide bonds. The van der Waals surface area contributed by atoms with Gasteiger partial charge in [0.05, 0.1) is 27.7 Å². The Morgan fingerprint density at radius 2 is 1.91 bits per heavy atom. The predicted octanol–water partition coefficient (Wildman–Crippen LogP) is 4.43. The normalized spacial score (nSPS) is 14.7. The lowest BCUT2D eigenvalue weighted by atomic mass is 10.2. The molecule has 1 aliphatic carbocycles. The van der Waals surface area contributed by atoms with Crippen LogP contribution in [0, 0.1) is 0 Å². The Morgan fingerprint density at radius 1 is 1.18 bits per heavy atom. The summed E-state index contributed by atoms with van der Waals surface area (Å²) >= 11 is 6.29. The molecule has 4 N–H and O–H groups in total. The number of halogens is 1. The highest BCUT2D eigenvalue weighted by Gasteiger charge is 2.21. The van der Waals surface area contributed by atoms with E-state index in [2.05, 4.69) is 20.9 Å². The maximum Gasteiger partial charge on any atom is 0.405 e. The van der Waals surface area contributed by atoms with Gasteiger partial charge in [-0.3, -0.25) is 9.36 Å². The largest absolute Gasteiger partial charge is 0.465 e. The first kappa shape index (κ1) is 22.6. The molecule has 1 fully saturated rings. The number of hydrogen-bond acceptors (Lipinski definition) is 4. The van der Waals surface area contributed by atoms with Gasteiger partial charge in [0.2, 0.25) is 0 Å². The molecular weight excluding hydrogens is 446 g/mol. The predicted molar refractivity (Wildman–Crippen MR) is 126 cm³/mol. The van der Waals surface area contributed by atoms with Crippen molar-refractivity contribution in [2.24, 2.45) is 0 Å². The van der Waals surface area contributed by atoms with E-state index in [0.717, 1.165) is 25.7 Å². The topological polar surface area (TPSA) is 125 Å². The van der Waals surface area contributed by atoms with E-state index in [1.165, 1.54) is 4.57 Å². The van der Waals surface area contributed by atoms with Crippen molar-refractivity contribution < 1.29 is 14.7 Å². The zero-order valence-corrected chi connectivity index (χ0v) is 18.7. The molecule has 10 heteroatoms. The first-order valence-corrected chi connectivity index (χ1v) is 11.1. The molecular formula is C23H24ClN5O4. The van der Waals surface area contributed by atoms with E-state index in [9.17, 15) is 19.5 Å². The zero-order chi connectivity index (χ0) is 23.5. The van der Waals surface area contributed by atoms with E-state index in [1.807, 2.05) is 0 Å². The van der Waals surface area contributed by atoms with Gasteiger partial charge in [-0.2, -0.15) is 0 Å². The highest BCUT2D eigenvalue weighted by molar-refractivity contribution is 6.35. The molecule has 1 atom stereocenters. The van der Waals surface area contributed by atoms with Gasteiger partial charge in [-0.15, -0.1) is 0 Å². The van der Waals surface area contributed by atoms with Crippen LogP contribution in [0.15, 0.2) is 47.3 Å². The van der Waals surface area contributed by atoms with Crippen LogP contribution >= 0.6 is 11.6 Å².